The first-order valence-corrected chi connectivity index (χ1v) is 16.2. The van der Waals surface area contributed by atoms with Crippen molar-refractivity contribution in [1.29, 1.82) is 0 Å². The largest absolute Gasteiger partial charge is 0.384 e. The second kappa shape index (κ2) is 13.8. The summed E-state index contributed by atoms with van der Waals surface area (Å²) in [5, 5.41) is 18.7. The molecular weight excluding hydrogens is 574 g/mol. The molecule has 0 bridgehead atoms. The Morgan fingerprint density at radius 1 is 0.829 bits per heavy atom. The third-order valence-corrected chi connectivity index (χ3v) is 9.65. The fourth-order valence-corrected chi connectivity index (χ4v) is 4.85. The number of aliphatic hydroxyl groups excluding tert-OH is 1. The summed E-state index contributed by atoms with van der Waals surface area (Å²) < 4.78 is 46.4. The Bertz CT molecular complexity index is 1560. The molecule has 1 N–H and O–H groups in total. The van der Waals surface area contributed by atoms with Gasteiger partial charge in [0.15, 0.2) is 31.3 Å². The summed E-state index contributed by atoms with van der Waals surface area (Å²) in [6, 6.07) is 5.20. The highest BCUT2D eigenvalue weighted by atomic mass is 32.2. The van der Waals surface area contributed by atoms with Crippen LogP contribution in [-0.4, -0.2) is 75.6 Å². The van der Waals surface area contributed by atoms with Crippen LogP contribution in [0.25, 0.3) is 0 Å². The number of aromatic nitrogens is 4. The second-order valence-electron chi connectivity index (χ2n) is 9.79. The molecule has 0 spiro atoms. The van der Waals surface area contributed by atoms with Gasteiger partial charge >= 0.3 is 0 Å². The summed E-state index contributed by atoms with van der Waals surface area (Å²) in [4.78, 5) is 38.9. The normalized spacial score (nSPS) is 14.6. The summed E-state index contributed by atoms with van der Waals surface area (Å²) in [5.41, 5.74) is 1.83. The molecule has 0 unspecified atom stereocenters. The zero-order valence-electron chi connectivity index (χ0n) is 23.5. The third-order valence-electron chi connectivity index (χ3n) is 6.37. The van der Waals surface area contributed by atoms with Gasteiger partial charge < -0.3 is 5.11 Å². The molecule has 1 aromatic carbocycles. The number of nitrogens with zero attached hydrogens (tertiary/aromatic N) is 5. The molecular formula is C26H33N5O8S2. The van der Waals surface area contributed by atoms with Crippen LogP contribution in [0.4, 0.5) is 5.69 Å². The van der Waals surface area contributed by atoms with Gasteiger partial charge in [-0.2, -0.15) is 0 Å². The van der Waals surface area contributed by atoms with E-state index in [-0.39, 0.29) is 35.1 Å². The number of nitro benzene ring substituents is 1. The van der Waals surface area contributed by atoms with Crippen molar-refractivity contribution >= 4 is 31.1 Å². The fourth-order valence-electron chi connectivity index (χ4n) is 3.45. The van der Waals surface area contributed by atoms with E-state index in [4.69, 9.17) is 0 Å². The van der Waals surface area contributed by atoms with Gasteiger partial charge in [-0.25, -0.2) is 36.8 Å². The maximum atomic E-state index is 12.6. The molecule has 222 valence electrons. The van der Waals surface area contributed by atoms with Gasteiger partial charge in [0.2, 0.25) is 0 Å². The Labute approximate surface area is 239 Å². The van der Waals surface area contributed by atoms with Crippen LogP contribution < -0.4 is 0 Å². The summed E-state index contributed by atoms with van der Waals surface area (Å²) in [6.45, 7) is 6.58. The number of carbonyl (C=O) groups is 1. The quantitative estimate of drug-likeness (QED) is 0.201. The molecule has 2 heterocycles. The second-order valence-corrected chi connectivity index (χ2v) is 14.6. The Balaban J connectivity index is 0.000000333. The first kappa shape index (κ1) is 33.5. The van der Waals surface area contributed by atoms with Gasteiger partial charge in [0, 0.05) is 67.3 Å². The molecule has 0 aliphatic rings. The van der Waals surface area contributed by atoms with E-state index in [0.717, 1.165) is 23.6 Å². The number of carbonyl (C=O) groups excluding carboxylic acids is 1. The van der Waals surface area contributed by atoms with E-state index >= 15 is 0 Å². The molecule has 0 radical (unpaired) electrons. The van der Waals surface area contributed by atoms with E-state index in [1.54, 1.807) is 31.7 Å². The number of aliphatic hydroxyl groups is 1. The topological polar surface area (TPSA) is 200 Å². The minimum Gasteiger partial charge on any atom is -0.384 e. The van der Waals surface area contributed by atoms with Gasteiger partial charge in [0.1, 0.15) is 11.9 Å². The van der Waals surface area contributed by atoms with Crippen LogP contribution in [0.15, 0.2) is 49.1 Å². The molecule has 0 saturated carbocycles. The summed E-state index contributed by atoms with van der Waals surface area (Å²) in [7, 11) is -6.72. The van der Waals surface area contributed by atoms with Crippen molar-refractivity contribution in [2.45, 2.75) is 56.6 Å². The van der Waals surface area contributed by atoms with Crippen LogP contribution in [0.1, 0.15) is 65.4 Å². The van der Waals surface area contributed by atoms with Crippen molar-refractivity contribution in [2.24, 2.45) is 0 Å². The average Bonchev–Trinajstić information content (AvgIpc) is 2.90. The van der Waals surface area contributed by atoms with Gasteiger partial charge in [-0.1, -0.05) is 0 Å². The fraction of sp³-hybridized carbons (Fsp3) is 0.423. The van der Waals surface area contributed by atoms with Crippen molar-refractivity contribution in [3.05, 3.63) is 87.5 Å². The number of sulfone groups is 2. The lowest BCUT2D eigenvalue weighted by molar-refractivity contribution is -0.384. The van der Waals surface area contributed by atoms with Crippen molar-refractivity contribution in [1.82, 2.24) is 19.9 Å². The van der Waals surface area contributed by atoms with E-state index in [0.29, 0.717) is 0 Å². The van der Waals surface area contributed by atoms with Crippen LogP contribution in [0, 0.1) is 24.0 Å². The number of ketones is 1. The molecule has 4 atom stereocenters. The Morgan fingerprint density at radius 3 is 1.63 bits per heavy atom. The molecule has 0 amide bonds. The van der Waals surface area contributed by atoms with Gasteiger partial charge in [-0.05, 0) is 51.0 Å². The van der Waals surface area contributed by atoms with E-state index in [1.165, 1.54) is 38.1 Å². The Morgan fingerprint density at radius 2 is 1.24 bits per heavy atom. The first-order chi connectivity index (χ1) is 18.9. The zero-order chi connectivity index (χ0) is 31.1. The van der Waals surface area contributed by atoms with Crippen molar-refractivity contribution in [3.63, 3.8) is 0 Å². The van der Waals surface area contributed by atoms with E-state index in [9.17, 15) is 36.9 Å². The first-order valence-electron chi connectivity index (χ1n) is 12.3. The predicted molar refractivity (Wildman–Crippen MR) is 152 cm³/mol. The minimum atomic E-state index is -3.43. The number of hydrogen-bond acceptors (Lipinski definition) is 12. The number of aryl methyl sites for hydroxylation is 2. The number of non-ortho nitro benzene ring substituents is 1. The van der Waals surface area contributed by atoms with Crippen molar-refractivity contribution in [3.8, 4) is 0 Å². The van der Waals surface area contributed by atoms with Crippen LogP contribution in [0.5, 0.6) is 0 Å². The van der Waals surface area contributed by atoms with E-state index < -0.39 is 47.1 Å². The van der Waals surface area contributed by atoms with E-state index in [2.05, 4.69) is 19.9 Å². The number of hydrogen-bond donors (Lipinski definition) is 1. The zero-order valence-corrected chi connectivity index (χ0v) is 25.1. The lowest BCUT2D eigenvalue weighted by atomic mass is 9.94. The Hall–Kier alpha value is -3.69. The number of Topliss-reactive ketones (excluding diaryl/α,β-unsaturated/α-hetero) is 1. The molecule has 0 fully saturated rings. The summed E-state index contributed by atoms with van der Waals surface area (Å²) in [5.74, 6) is -0.625. The number of benzene rings is 1. The van der Waals surface area contributed by atoms with Gasteiger partial charge in [-0.15, -0.1) is 0 Å². The summed E-state index contributed by atoms with van der Waals surface area (Å²) >= 11 is 0. The van der Waals surface area contributed by atoms with Gasteiger partial charge in [0.25, 0.3) is 5.69 Å². The summed E-state index contributed by atoms with van der Waals surface area (Å²) in [6.07, 6.45) is 7.11. The lowest BCUT2D eigenvalue weighted by Crippen LogP contribution is -2.28. The number of nitro groups is 1. The molecule has 13 nitrogen and oxygen atoms in total. The average molecular weight is 608 g/mol. The number of rotatable bonds is 10. The molecule has 3 rings (SSSR count). The predicted octanol–water partition coefficient (Wildman–Crippen LogP) is 2.73. The van der Waals surface area contributed by atoms with E-state index in [1.807, 2.05) is 6.92 Å². The van der Waals surface area contributed by atoms with Gasteiger partial charge in [-0.3, -0.25) is 14.9 Å². The lowest BCUT2D eigenvalue weighted by Gasteiger charge is -2.21. The highest BCUT2D eigenvalue weighted by Crippen LogP contribution is 2.27. The van der Waals surface area contributed by atoms with Crippen LogP contribution in [-0.2, 0) is 19.7 Å². The standard InChI is InChI=1S/C17H19N3O5S.C9H14N2O3S/c1-11-9-18-17(19-10-11)15(12(2)26(3,24)25)8-16(21)13-4-6-14(7-5-13)20(22)23;1-6-4-10-9(11-5-6)8(12)7(2)15(3,13)14/h4-7,9-10,12,15H,8H2,1-3H3;4-5,7-8,12H,1-3H3/t12-,15-;7-,8+/m00/s1. The maximum Gasteiger partial charge on any atom is 0.269 e. The smallest absolute Gasteiger partial charge is 0.269 e. The molecule has 0 saturated heterocycles. The molecule has 0 aliphatic heterocycles. The minimum absolute atomic E-state index is 0.116. The molecule has 3 aromatic rings. The van der Waals surface area contributed by atoms with Crippen molar-refractivity contribution < 1.29 is 31.7 Å². The van der Waals surface area contributed by atoms with Crippen LogP contribution in [0.3, 0.4) is 0 Å². The Kier molecular flexibility index (Phi) is 11.3. The van der Waals surface area contributed by atoms with Crippen LogP contribution >= 0.6 is 0 Å². The maximum absolute atomic E-state index is 12.6. The SMILES string of the molecule is Cc1cnc([C@@H](CC(=O)c2ccc([N+](=O)[O-])cc2)[C@H](C)S(C)(=O)=O)nc1.Cc1cnc([C@H](O)[C@H](C)S(C)(=O)=O)nc1. The van der Waals surface area contributed by atoms with Gasteiger partial charge in [0.05, 0.1) is 15.4 Å². The highest BCUT2D eigenvalue weighted by molar-refractivity contribution is 7.91. The monoisotopic (exact) mass is 607 g/mol. The third kappa shape index (κ3) is 9.72. The molecule has 15 heteroatoms. The molecule has 0 aliphatic carbocycles. The molecule has 2 aromatic heterocycles. The van der Waals surface area contributed by atoms with Crippen molar-refractivity contribution in [2.75, 3.05) is 12.5 Å². The van der Waals surface area contributed by atoms with Crippen LogP contribution in [0.2, 0.25) is 0 Å². The highest BCUT2D eigenvalue weighted by Gasteiger charge is 2.32. The molecule has 41 heavy (non-hydrogen) atoms.